The Kier molecular flexibility index (Phi) is 6.64. The van der Waals surface area contributed by atoms with E-state index in [1.54, 1.807) is 45.0 Å². The molecule has 0 saturated carbocycles. The first-order valence-electron chi connectivity index (χ1n) is 8.80. The minimum atomic E-state index is -0.600. The van der Waals surface area contributed by atoms with Gasteiger partial charge in [0.05, 0.1) is 11.4 Å². The number of carbonyl (C=O) groups excluding carboxylic acids is 2. The summed E-state index contributed by atoms with van der Waals surface area (Å²) in [6, 6.07) is 7.06. The number of hydrogen-bond acceptors (Lipinski definition) is 3. The van der Waals surface area contributed by atoms with Crippen LogP contribution in [-0.4, -0.2) is 17.6 Å². The summed E-state index contributed by atoms with van der Waals surface area (Å²) in [5, 5.41) is 5.61. The molecule has 2 amide bonds. The third kappa shape index (κ3) is 6.90. The zero-order valence-corrected chi connectivity index (χ0v) is 17.0. The average molecular weight is 360 g/mol. The zero-order valence-electron chi connectivity index (χ0n) is 17.0. The molecule has 144 valence electrons. The zero-order chi connectivity index (χ0) is 20.2. The van der Waals surface area contributed by atoms with E-state index in [1.807, 2.05) is 33.8 Å². The summed E-state index contributed by atoms with van der Waals surface area (Å²) < 4.78 is 5.28. The van der Waals surface area contributed by atoms with Crippen molar-refractivity contribution in [3.05, 3.63) is 36.9 Å². The van der Waals surface area contributed by atoms with Crippen molar-refractivity contribution in [3.8, 4) is 0 Å². The van der Waals surface area contributed by atoms with Crippen LogP contribution in [0.2, 0.25) is 0 Å². The van der Waals surface area contributed by atoms with Crippen LogP contribution in [0.5, 0.6) is 0 Å². The summed E-state index contributed by atoms with van der Waals surface area (Å²) in [7, 11) is 0. The molecule has 0 atom stereocenters. The lowest BCUT2D eigenvalue weighted by Crippen LogP contribution is -2.35. The first-order valence-corrected chi connectivity index (χ1v) is 8.80. The third-order valence-corrected chi connectivity index (χ3v) is 3.88. The van der Waals surface area contributed by atoms with Crippen LogP contribution in [0.3, 0.4) is 0 Å². The highest BCUT2D eigenvalue weighted by Crippen LogP contribution is 2.36. The predicted octanol–water partition coefficient (Wildman–Crippen LogP) is 5.60. The number of amides is 2. The molecule has 26 heavy (non-hydrogen) atoms. The predicted molar refractivity (Wildman–Crippen MR) is 107 cm³/mol. The van der Waals surface area contributed by atoms with Crippen molar-refractivity contribution >= 4 is 23.4 Å². The lowest BCUT2D eigenvalue weighted by Gasteiger charge is -2.32. The molecular formula is C21H32N2O3. The number of para-hydroxylation sites is 2. The first kappa shape index (κ1) is 21.7. The summed E-state index contributed by atoms with van der Waals surface area (Å²) in [6.45, 7) is 17.1. The quantitative estimate of drug-likeness (QED) is 0.649. The molecule has 5 nitrogen and oxygen atoms in total. The van der Waals surface area contributed by atoms with Crippen molar-refractivity contribution in [3.63, 3.8) is 0 Å². The Morgan fingerprint density at radius 1 is 1.00 bits per heavy atom. The lowest BCUT2D eigenvalue weighted by molar-refractivity contribution is -0.125. The largest absolute Gasteiger partial charge is 0.444 e. The van der Waals surface area contributed by atoms with Gasteiger partial charge < -0.3 is 10.1 Å². The molecular weight excluding hydrogens is 328 g/mol. The maximum atomic E-state index is 12.8. The van der Waals surface area contributed by atoms with Crippen LogP contribution < -0.4 is 10.6 Å². The van der Waals surface area contributed by atoms with Gasteiger partial charge in [-0.25, -0.2) is 4.79 Å². The number of anilines is 2. The van der Waals surface area contributed by atoms with Gasteiger partial charge in [0, 0.05) is 5.41 Å². The van der Waals surface area contributed by atoms with Gasteiger partial charge in [0.25, 0.3) is 0 Å². The molecule has 0 radical (unpaired) electrons. The molecule has 0 aliphatic rings. The molecule has 0 aliphatic heterocycles. The molecule has 0 bridgehead atoms. The van der Waals surface area contributed by atoms with Crippen LogP contribution in [-0.2, 0) is 9.53 Å². The van der Waals surface area contributed by atoms with Crippen molar-refractivity contribution in [1.29, 1.82) is 0 Å². The van der Waals surface area contributed by atoms with Gasteiger partial charge in [-0.05, 0) is 44.7 Å². The number of carbonyl (C=O) groups is 2. The van der Waals surface area contributed by atoms with Gasteiger partial charge in [-0.2, -0.15) is 0 Å². The number of benzene rings is 1. The molecule has 0 saturated heterocycles. The maximum absolute atomic E-state index is 12.8. The van der Waals surface area contributed by atoms with Gasteiger partial charge in [0.15, 0.2) is 0 Å². The molecule has 5 heteroatoms. The highest BCUT2D eigenvalue weighted by molar-refractivity contribution is 6.00. The van der Waals surface area contributed by atoms with Crippen molar-refractivity contribution < 1.29 is 14.3 Å². The van der Waals surface area contributed by atoms with Gasteiger partial charge >= 0.3 is 6.09 Å². The maximum Gasteiger partial charge on any atom is 0.412 e. The van der Waals surface area contributed by atoms with E-state index < -0.39 is 17.1 Å². The van der Waals surface area contributed by atoms with Gasteiger partial charge in [-0.15, -0.1) is 6.58 Å². The Bertz CT molecular complexity index is 670. The normalized spacial score (nSPS) is 12.3. The van der Waals surface area contributed by atoms with Crippen molar-refractivity contribution in [2.45, 2.75) is 60.5 Å². The summed E-state index contributed by atoms with van der Waals surface area (Å²) in [6.07, 6.45) is 1.95. The van der Waals surface area contributed by atoms with E-state index in [1.165, 1.54) is 0 Å². The molecule has 2 N–H and O–H groups in total. The average Bonchev–Trinajstić information content (AvgIpc) is 2.46. The van der Waals surface area contributed by atoms with Crippen molar-refractivity contribution in [2.75, 3.05) is 10.6 Å². The molecule has 1 aromatic carbocycles. The van der Waals surface area contributed by atoms with E-state index in [9.17, 15) is 9.59 Å². The Hall–Kier alpha value is -2.30. The van der Waals surface area contributed by atoms with E-state index >= 15 is 0 Å². The molecule has 1 aromatic rings. The van der Waals surface area contributed by atoms with E-state index in [4.69, 9.17) is 4.74 Å². The van der Waals surface area contributed by atoms with Crippen LogP contribution in [0, 0.1) is 10.8 Å². The molecule has 0 unspecified atom stereocenters. The first-order chi connectivity index (χ1) is 11.8. The number of allylic oxidation sites excluding steroid dienone is 1. The van der Waals surface area contributed by atoms with E-state index in [2.05, 4.69) is 17.2 Å². The van der Waals surface area contributed by atoms with Crippen LogP contribution in [0.15, 0.2) is 36.9 Å². The number of hydrogen-bond donors (Lipinski definition) is 2. The minimum Gasteiger partial charge on any atom is -0.444 e. The smallest absolute Gasteiger partial charge is 0.412 e. The van der Waals surface area contributed by atoms with E-state index in [-0.39, 0.29) is 11.3 Å². The highest BCUT2D eigenvalue weighted by Gasteiger charge is 2.33. The molecule has 0 spiro atoms. The SMILES string of the molecule is C=CC(C)(C)CC(C)(C)C(=O)Nc1ccccc1NC(=O)OC(C)(C)C. The van der Waals surface area contributed by atoms with Crippen molar-refractivity contribution in [1.82, 2.24) is 0 Å². The van der Waals surface area contributed by atoms with Gasteiger partial charge in [0.1, 0.15) is 5.60 Å². The summed E-state index contributed by atoms with van der Waals surface area (Å²) in [4.78, 5) is 24.8. The van der Waals surface area contributed by atoms with Gasteiger partial charge in [-0.1, -0.05) is 45.9 Å². The van der Waals surface area contributed by atoms with Crippen LogP contribution >= 0.6 is 0 Å². The van der Waals surface area contributed by atoms with Crippen molar-refractivity contribution in [2.24, 2.45) is 10.8 Å². The second kappa shape index (κ2) is 7.94. The fourth-order valence-corrected chi connectivity index (χ4v) is 2.70. The van der Waals surface area contributed by atoms with Crippen LogP contribution in [0.1, 0.15) is 54.9 Å². The van der Waals surface area contributed by atoms with E-state index in [0.29, 0.717) is 17.8 Å². The topological polar surface area (TPSA) is 67.4 Å². The fourth-order valence-electron chi connectivity index (χ4n) is 2.70. The third-order valence-electron chi connectivity index (χ3n) is 3.88. The number of ether oxygens (including phenoxy) is 1. The fraction of sp³-hybridized carbons (Fsp3) is 0.524. The summed E-state index contributed by atoms with van der Waals surface area (Å²) in [5.74, 6) is -0.120. The highest BCUT2D eigenvalue weighted by atomic mass is 16.6. The van der Waals surface area contributed by atoms with Gasteiger partial charge in [-0.3, -0.25) is 10.1 Å². The van der Waals surface area contributed by atoms with Gasteiger partial charge in [0.2, 0.25) is 5.91 Å². The second-order valence-electron chi connectivity index (χ2n) is 8.88. The number of rotatable bonds is 6. The summed E-state index contributed by atoms with van der Waals surface area (Å²) >= 11 is 0. The minimum absolute atomic E-state index is 0.120. The number of nitrogens with one attached hydrogen (secondary N) is 2. The molecule has 0 aliphatic carbocycles. The molecule has 0 aromatic heterocycles. The Labute approximate surface area is 157 Å². The Balaban J connectivity index is 2.92. The molecule has 0 fully saturated rings. The Morgan fingerprint density at radius 3 is 1.96 bits per heavy atom. The van der Waals surface area contributed by atoms with Crippen LogP contribution in [0.25, 0.3) is 0 Å². The molecule has 1 rings (SSSR count). The Morgan fingerprint density at radius 2 is 1.50 bits per heavy atom. The second-order valence-corrected chi connectivity index (χ2v) is 8.88. The summed E-state index contributed by atoms with van der Waals surface area (Å²) in [5.41, 5.74) is -0.325. The molecule has 0 heterocycles. The lowest BCUT2D eigenvalue weighted by atomic mass is 9.74. The monoisotopic (exact) mass is 360 g/mol. The van der Waals surface area contributed by atoms with E-state index in [0.717, 1.165) is 0 Å². The van der Waals surface area contributed by atoms with Crippen LogP contribution in [0.4, 0.5) is 16.2 Å². The standard InChI is InChI=1S/C21H32N2O3/c1-9-20(5,6)14-21(7,8)17(24)22-15-12-10-11-13-16(15)23-18(25)26-19(2,3)4/h9-13H,1,14H2,2-8H3,(H,22,24)(H,23,25).